The average molecular weight is 229 g/mol. The maximum Gasteiger partial charge on any atom is 0.210 e. The van der Waals surface area contributed by atoms with Gasteiger partial charge in [-0.1, -0.05) is 0 Å². The van der Waals surface area contributed by atoms with Crippen molar-refractivity contribution in [2.24, 2.45) is 5.73 Å². The van der Waals surface area contributed by atoms with Crippen molar-refractivity contribution < 1.29 is 14.3 Å². The number of hydrogen-bond donors (Lipinski definition) is 1. The van der Waals surface area contributed by atoms with Gasteiger partial charge >= 0.3 is 0 Å². The van der Waals surface area contributed by atoms with Gasteiger partial charge in [0.25, 0.3) is 0 Å². The van der Waals surface area contributed by atoms with Crippen LogP contribution in [0.3, 0.4) is 0 Å². The summed E-state index contributed by atoms with van der Waals surface area (Å²) in [5, 5.41) is 1.79. The molecule has 0 saturated carbocycles. The summed E-state index contributed by atoms with van der Waals surface area (Å²) in [5.74, 6) is 0.338. The van der Waals surface area contributed by atoms with Gasteiger partial charge < -0.3 is 9.47 Å². The Morgan fingerprint density at radius 2 is 2.33 bits per heavy atom. The smallest absolute Gasteiger partial charge is 0.210 e. The predicted octanol–water partition coefficient (Wildman–Crippen LogP) is 1.57. The number of carbonyl (C=O) groups is 1. The van der Waals surface area contributed by atoms with E-state index in [1.807, 2.05) is 6.92 Å². The van der Waals surface area contributed by atoms with E-state index in [-0.39, 0.29) is 5.78 Å². The predicted molar refractivity (Wildman–Crippen MR) is 59.5 cm³/mol. The Kier molecular flexibility index (Phi) is 4.26. The molecular weight excluding hydrogens is 214 g/mol. The van der Waals surface area contributed by atoms with Crippen LogP contribution in [0.15, 0.2) is 5.38 Å². The van der Waals surface area contributed by atoms with Crippen molar-refractivity contribution in [1.82, 2.24) is 0 Å². The number of nitrogens with two attached hydrogens (primary N) is 1. The summed E-state index contributed by atoms with van der Waals surface area (Å²) in [5.41, 5.74) is 6.12. The number of ether oxygens (including phenoxy) is 2. The quantitative estimate of drug-likeness (QED) is 0.615. The molecule has 5 heteroatoms. The standard InChI is InChI=1S/C10H15NO3S/c1-4-14-10(11)9(12)8-6(2)15-5-7(8)13-3/h5,10H,4,11H2,1-3H3. The maximum absolute atomic E-state index is 11.9. The molecule has 0 aliphatic heterocycles. The number of Topliss-reactive ketones (excluding diaryl/α,β-unsaturated/α-hetero) is 1. The molecular formula is C10H15NO3S. The lowest BCUT2D eigenvalue weighted by Crippen LogP contribution is -2.33. The molecule has 1 rings (SSSR count). The molecule has 1 aromatic heterocycles. The van der Waals surface area contributed by atoms with Crippen LogP contribution < -0.4 is 10.5 Å². The van der Waals surface area contributed by atoms with Crippen LogP contribution in [-0.4, -0.2) is 25.7 Å². The monoisotopic (exact) mass is 229 g/mol. The van der Waals surface area contributed by atoms with Crippen molar-refractivity contribution in [2.45, 2.75) is 20.1 Å². The first-order valence-electron chi connectivity index (χ1n) is 4.65. The Balaban J connectivity index is 2.94. The normalized spacial score (nSPS) is 12.5. The van der Waals surface area contributed by atoms with Crippen LogP contribution in [0.4, 0.5) is 0 Å². The van der Waals surface area contributed by atoms with Crippen molar-refractivity contribution in [3.05, 3.63) is 15.8 Å². The molecule has 1 atom stereocenters. The minimum atomic E-state index is -0.905. The summed E-state index contributed by atoms with van der Waals surface area (Å²) in [7, 11) is 1.53. The van der Waals surface area contributed by atoms with Gasteiger partial charge in [-0.25, -0.2) is 0 Å². The molecule has 1 heterocycles. The third-order valence-corrected chi connectivity index (χ3v) is 2.90. The zero-order valence-electron chi connectivity index (χ0n) is 9.07. The van der Waals surface area contributed by atoms with Crippen molar-refractivity contribution in [1.29, 1.82) is 0 Å². The van der Waals surface area contributed by atoms with Crippen LogP contribution in [-0.2, 0) is 4.74 Å². The third-order valence-electron chi connectivity index (χ3n) is 2.01. The lowest BCUT2D eigenvalue weighted by Gasteiger charge is -2.11. The van der Waals surface area contributed by atoms with Crippen LogP contribution >= 0.6 is 11.3 Å². The number of rotatable bonds is 5. The van der Waals surface area contributed by atoms with Crippen LogP contribution in [0.5, 0.6) is 5.75 Å². The first-order chi connectivity index (χ1) is 7.11. The van der Waals surface area contributed by atoms with E-state index in [2.05, 4.69) is 0 Å². The van der Waals surface area contributed by atoms with E-state index >= 15 is 0 Å². The molecule has 84 valence electrons. The van der Waals surface area contributed by atoms with E-state index in [1.54, 1.807) is 12.3 Å². The summed E-state index contributed by atoms with van der Waals surface area (Å²) in [6.45, 7) is 4.07. The molecule has 0 saturated heterocycles. The van der Waals surface area contributed by atoms with Gasteiger partial charge in [0.2, 0.25) is 5.78 Å². The van der Waals surface area contributed by atoms with Crippen LogP contribution in [0.25, 0.3) is 0 Å². The molecule has 0 fully saturated rings. The third kappa shape index (κ3) is 2.56. The summed E-state index contributed by atoms with van der Waals surface area (Å²) < 4.78 is 10.2. The van der Waals surface area contributed by atoms with Gasteiger partial charge in [-0.3, -0.25) is 10.5 Å². The number of methoxy groups -OCH3 is 1. The molecule has 0 bridgehead atoms. The molecule has 15 heavy (non-hydrogen) atoms. The molecule has 0 aliphatic rings. The highest BCUT2D eigenvalue weighted by Gasteiger charge is 2.23. The van der Waals surface area contributed by atoms with Crippen molar-refractivity contribution >= 4 is 17.1 Å². The van der Waals surface area contributed by atoms with E-state index in [4.69, 9.17) is 15.2 Å². The number of carbonyl (C=O) groups excluding carboxylic acids is 1. The molecule has 0 aliphatic carbocycles. The zero-order chi connectivity index (χ0) is 11.4. The lowest BCUT2D eigenvalue weighted by atomic mass is 10.1. The summed E-state index contributed by atoms with van der Waals surface area (Å²) in [6, 6.07) is 0. The Hall–Kier alpha value is -0.910. The Morgan fingerprint density at radius 3 is 2.87 bits per heavy atom. The Bertz CT molecular complexity index is 348. The molecule has 0 amide bonds. The van der Waals surface area contributed by atoms with Gasteiger partial charge in [-0.2, -0.15) is 0 Å². The van der Waals surface area contributed by atoms with Crippen LogP contribution in [0, 0.1) is 6.92 Å². The van der Waals surface area contributed by atoms with E-state index in [0.717, 1.165) is 4.88 Å². The van der Waals surface area contributed by atoms with Crippen molar-refractivity contribution in [3.8, 4) is 5.75 Å². The Morgan fingerprint density at radius 1 is 1.67 bits per heavy atom. The Labute approximate surface area is 93.0 Å². The van der Waals surface area contributed by atoms with Gasteiger partial charge in [0, 0.05) is 16.9 Å². The fraction of sp³-hybridized carbons (Fsp3) is 0.500. The fourth-order valence-electron chi connectivity index (χ4n) is 1.28. The fourth-order valence-corrected chi connectivity index (χ4v) is 2.09. The summed E-state index contributed by atoms with van der Waals surface area (Å²) in [4.78, 5) is 12.8. The van der Waals surface area contributed by atoms with Gasteiger partial charge in [0.1, 0.15) is 5.75 Å². The molecule has 4 nitrogen and oxygen atoms in total. The van der Waals surface area contributed by atoms with Gasteiger partial charge in [0.15, 0.2) is 6.23 Å². The maximum atomic E-state index is 11.9. The highest BCUT2D eigenvalue weighted by Crippen LogP contribution is 2.29. The highest BCUT2D eigenvalue weighted by atomic mass is 32.1. The van der Waals surface area contributed by atoms with Gasteiger partial charge in [0.05, 0.1) is 12.7 Å². The number of thiophene rings is 1. The number of ketones is 1. The summed E-state index contributed by atoms with van der Waals surface area (Å²) >= 11 is 1.46. The second-order valence-corrected chi connectivity index (χ2v) is 4.06. The zero-order valence-corrected chi connectivity index (χ0v) is 9.89. The van der Waals surface area contributed by atoms with E-state index in [1.165, 1.54) is 18.4 Å². The average Bonchev–Trinajstić information content (AvgIpc) is 2.58. The second-order valence-electron chi connectivity index (χ2n) is 2.98. The van der Waals surface area contributed by atoms with Crippen molar-refractivity contribution in [3.63, 3.8) is 0 Å². The van der Waals surface area contributed by atoms with Crippen LogP contribution in [0.1, 0.15) is 22.2 Å². The number of aryl methyl sites for hydroxylation is 1. The SMILES string of the molecule is CCOC(N)C(=O)c1c(OC)csc1C. The van der Waals surface area contributed by atoms with Gasteiger partial charge in [-0.05, 0) is 13.8 Å². The highest BCUT2D eigenvalue weighted by molar-refractivity contribution is 7.10. The van der Waals surface area contributed by atoms with E-state index in [0.29, 0.717) is 17.9 Å². The van der Waals surface area contributed by atoms with Crippen molar-refractivity contribution in [2.75, 3.05) is 13.7 Å². The van der Waals surface area contributed by atoms with Gasteiger partial charge in [-0.15, -0.1) is 11.3 Å². The molecule has 0 spiro atoms. The first kappa shape index (κ1) is 12.2. The van der Waals surface area contributed by atoms with Crippen LogP contribution in [0.2, 0.25) is 0 Å². The number of hydrogen-bond acceptors (Lipinski definition) is 5. The van der Waals surface area contributed by atoms with E-state index < -0.39 is 6.23 Å². The molecule has 2 N–H and O–H groups in total. The molecule has 1 unspecified atom stereocenters. The molecule has 1 aromatic rings. The topological polar surface area (TPSA) is 61.5 Å². The van der Waals surface area contributed by atoms with E-state index in [9.17, 15) is 4.79 Å². The first-order valence-corrected chi connectivity index (χ1v) is 5.53. The molecule has 0 aromatic carbocycles. The largest absolute Gasteiger partial charge is 0.495 e. The minimum absolute atomic E-state index is 0.229. The molecule has 0 radical (unpaired) electrons. The lowest BCUT2D eigenvalue weighted by molar-refractivity contribution is 0.0477. The second kappa shape index (κ2) is 5.25. The minimum Gasteiger partial charge on any atom is -0.495 e. The summed E-state index contributed by atoms with van der Waals surface area (Å²) in [6.07, 6.45) is -0.905.